The van der Waals surface area contributed by atoms with Crippen LogP contribution in [0.4, 0.5) is 11.4 Å². The Balaban J connectivity index is 2.53. The molecule has 2 aromatic carbocycles. The molecule has 0 aliphatic carbocycles. The predicted octanol–water partition coefficient (Wildman–Crippen LogP) is -0.170. The maximum atomic E-state index is 12.4. The summed E-state index contributed by atoms with van der Waals surface area (Å²) in [6.07, 6.45) is 0. The fourth-order valence-corrected chi connectivity index (χ4v) is 4.77. The Morgan fingerprint density at radius 1 is 0.882 bits per heavy atom. The minimum atomic E-state index is -4.30. The fraction of sp³-hybridized carbons (Fsp3) is 0. The topological polar surface area (TPSA) is 89.3 Å². The first kappa shape index (κ1) is 11.8. The summed E-state index contributed by atoms with van der Waals surface area (Å²) in [6, 6.07) is 13.0. The van der Waals surface area contributed by atoms with Gasteiger partial charge in [-0.25, -0.2) is 0 Å². The molecule has 0 spiro atoms. The van der Waals surface area contributed by atoms with E-state index in [9.17, 15) is 7.84 Å². The van der Waals surface area contributed by atoms with Crippen LogP contribution in [0.15, 0.2) is 48.5 Å². The molecule has 5 N–H and O–H groups in total. The van der Waals surface area contributed by atoms with Gasteiger partial charge in [0.15, 0.2) is 0 Å². The predicted molar refractivity (Wildman–Crippen MR) is 69.6 cm³/mol. The molecule has 0 atom stereocenters. The summed E-state index contributed by atoms with van der Waals surface area (Å²) in [5.74, 6) is 0. The number of nitrogen functional groups attached to an aromatic ring is 2. The van der Waals surface area contributed by atoms with Gasteiger partial charge in [0.05, 0.1) is 0 Å². The summed E-state index contributed by atoms with van der Waals surface area (Å²) in [4.78, 5) is 0. The SMILES string of the molecule is Nc1cccc([As](=O)(O)c2cccc(N)c2)c1. The number of benzene rings is 2. The molecule has 17 heavy (non-hydrogen) atoms. The first-order valence-electron chi connectivity index (χ1n) is 5.05. The van der Waals surface area contributed by atoms with E-state index in [2.05, 4.69) is 0 Å². The van der Waals surface area contributed by atoms with E-state index in [4.69, 9.17) is 11.5 Å². The Hall–Kier alpha value is -1.64. The second-order valence-corrected chi connectivity index (χ2v) is 8.35. The van der Waals surface area contributed by atoms with Crippen molar-refractivity contribution in [3.63, 3.8) is 0 Å². The molecule has 0 bridgehead atoms. The average molecular weight is 292 g/mol. The molecule has 0 aliphatic rings. The van der Waals surface area contributed by atoms with E-state index in [1.165, 1.54) is 12.1 Å². The van der Waals surface area contributed by atoms with E-state index in [0.717, 1.165) is 0 Å². The van der Waals surface area contributed by atoms with Crippen molar-refractivity contribution in [3.8, 4) is 0 Å². The quantitative estimate of drug-likeness (QED) is 0.529. The minimum absolute atomic E-state index is 0.369. The van der Waals surface area contributed by atoms with Gasteiger partial charge in [-0.3, -0.25) is 0 Å². The Morgan fingerprint density at radius 3 is 1.65 bits per heavy atom. The molecule has 5 heteroatoms. The molecule has 0 aliphatic heterocycles. The van der Waals surface area contributed by atoms with E-state index < -0.39 is 13.8 Å². The van der Waals surface area contributed by atoms with Gasteiger partial charge in [0.25, 0.3) is 0 Å². The normalized spacial score (nSPS) is 11.4. The molecule has 0 heterocycles. The van der Waals surface area contributed by atoms with Crippen molar-refractivity contribution in [2.45, 2.75) is 0 Å². The van der Waals surface area contributed by atoms with Crippen molar-refractivity contribution < 1.29 is 7.84 Å². The van der Waals surface area contributed by atoms with Gasteiger partial charge in [-0.15, -0.1) is 0 Å². The van der Waals surface area contributed by atoms with Crippen molar-refractivity contribution >= 4 is 33.9 Å². The molecule has 0 aromatic heterocycles. The van der Waals surface area contributed by atoms with Gasteiger partial charge in [-0.1, -0.05) is 0 Å². The third kappa shape index (κ3) is 2.38. The summed E-state index contributed by atoms with van der Waals surface area (Å²) in [5.41, 5.74) is 12.2. The Labute approximate surface area is 102 Å². The van der Waals surface area contributed by atoms with Crippen LogP contribution in [0.3, 0.4) is 0 Å². The molecule has 0 fully saturated rings. The van der Waals surface area contributed by atoms with Crippen molar-refractivity contribution in [2.75, 3.05) is 11.5 Å². The number of nitrogens with two attached hydrogens (primary N) is 2. The standard InChI is InChI=1S/C12H13AsN2O2/c14-11-5-1-3-9(7-11)13(16,17)10-4-2-6-12(15)8-10/h1-8H,14-15H2,(H,16,17). The second-order valence-electron chi connectivity index (χ2n) is 3.77. The van der Waals surface area contributed by atoms with Gasteiger partial charge < -0.3 is 0 Å². The Kier molecular flexibility index (Phi) is 3.01. The van der Waals surface area contributed by atoms with E-state index in [1.54, 1.807) is 36.4 Å². The Morgan fingerprint density at radius 2 is 1.29 bits per heavy atom. The molecule has 0 saturated heterocycles. The van der Waals surface area contributed by atoms with Crippen LogP contribution in [0.2, 0.25) is 0 Å². The van der Waals surface area contributed by atoms with Crippen molar-refractivity contribution in [3.05, 3.63) is 48.5 Å². The number of hydrogen-bond donors (Lipinski definition) is 3. The van der Waals surface area contributed by atoms with Crippen LogP contribution in [0, 0.1) is 0 Å². The molecule has 0 saturated carbocycles. The van der Waals surface area contributed by atoms with Crippen molar-refractivity contribution in [1.29, 1.82) is 0 Å². The van der Waals surface area contributed by atoms with E-state index in [-0.39, 0.29) is 0 Å². The number of anilines is 2. The molecule has 4 nitrogen and oxygen atoms in total. The number of hydrogen-bond acceptors (Lipinski definition) is 3. The third-order valence-electron chi connectivity index (χ3n) is 2.44. The van der Waals surface area contributed by atoms with Crippen LogP contribution in [0.25, 0.3) is 0 Å². The molecule has 0 amide bonds. The van der Waals surface area contributed by atoms with Gasteiger partial charge in [0.1, 0.15) is 0 Å². The van der Waals surface area contributed by atoms with Crippen LogP contribution in [0.5, 0.6) is 0 Å². The first-order valence-corrected chi connectivity index (χ1v) is 8.53. The molecule has 0 radical (unpaired) electrons. The Bertz CT molecular complexity index is 549. The van der Waals surface area contributed by atoms with E-state index >= 15 is 0 Å². The van der Waals surface area contributed by atoms with Gasteiger partial charge in [-0.05, 0) is 0 Å². The van der Waals surface area contributed by atoms with Gasteiger partial charge in [0, 0.05) is 0 Å². The summed E-state index contributed by atoms with van der Waals surface area (Å²) in [7, 11) is 0. The van der Waals surface area contributed by atoms with Gasteiger partial charge in [-0.2, -0.15) is 0 Å². The van der Waals surface area contributed by atoms with Crippen LogP contribution in [-0.2, 0) is 3.74 Å². The summed E-state index contributed by atoms with van der Waals surface area (Å²) in [6.45, 7) is 0. The number of rotatable bonds is 2. The summed E-state index contributed by atoms with van der Waals surface area (Å²) < 4.78 is 23.4. The zero-order valence-electron chi connectivity index (χ0n) is 9.08. The van der Waals surface area contributed by atoms with Crippen molar-refractivity contribution in [2.24, 2.45) is 0 Å². The van der Waals surface area contributed by atoms with E-state index in [1.807, 2.05) is 0 Å². The molecular formula is C12H13AsN2O2. The molecular weight excluding hydrogens is 279 g/mol. The van der Waals surface area contributed by atoms with Crippen LogP contribution >= 0.6 is 0 Å². The molecule has 88 valence electrons. The van der Waals surface area contributed by atoms with Crippen molar-refractivity contribution in [1.82, 2.24) is 0 Å². The monoisotopic (exact) mass is 292 g/mol. The molecule has 2 rings (SSSR count). The molecule has 2 aromatic rings. The van der Waals surface area contributed by atoms with Crippen LogP contribution < -0.4 is 20.2 Å². The first-order chi connectivity index (χ1) is 8.00. The van der Waals surface area contributed by atoms with E-state index in [0.29, 0.717) is 20.1 Å². The average Bonchev–Trinajstić information content (AvgIpc) is 2.29. The summed E-state index contributed by atoms with van der Waals surface area (Å²) >= 11 is -4.30. The summed E-state index contributed by atoms with van der Waals surface area (Å²) in [5, 5.41) is 0. The zero-order valence-corrected chi connectivity index (χ0v) is 11.0. The van der Waals surface area contributed by atoms with Crippen LogP contribution in [-0.4, -0.2) is 17.9 Å². The maximum absolute atomic E-state index is 12.4. The van der Waals surface area contributed by atoms with Crippen LogP contribution in [0.1, 0.15) is 0 Å². The van der Waals surface area contributed by atoms with Gasteiger partial charge in [0.2, 0.25) is 0 Å². The molecule has 0 unspecified atom stereocenters. The van der Waals surface area contributed by atoms with Gasteiger partial charge >= 0.3 is 102 Å². The second kappa shape index (κ2) is 4.32. The fourth-order valence-electron chi connectivity index (χ4n) is 1.58. The third-order valence-corrected chi connectivity index (χ3v) is 6.54. The zero-order chi connectivity index (χ0) is 12.5.